The highest BCUT2D eigenvalue weighted by molar-refractivity contribution is 7.15. The van der Waals surface area contributed by atoms with Gasteiger partial charge in [0.2, 0.25) is 0 Å². The second-order valence-corrected chi connectivity index (χ2v) is 5.32. The molecule has 1 aliphatic carbocycles. The van der Waals surface area contributed by atoms with Crippen molar-refractivity contribution in [3.8, 4) is 0 Å². The second-order valence-electron chi connectivity index (χ2n) is 4.21. The topological polar surface area (TPSA) is 50.9 Å². The molecule has 0 aromatic carbocycles. The maximum Gasteiger partial charge on any atom is 0.180 e. The maximum atomic E-state index is 5.77. The number of nitrogens with one attached hydrogen (secondary N) is 1. The Bertz CT molecular complexity index is 347. The van der Waals surface area contributed by atoms with Crippen LogP contribution in [0.5, 0.6) is 0 Å². The van der Waals surface area contributed by atoms with E-state index >= 15 is 0 Å². The molecule has 2 heterocycles. The lowest BCUT2D eigenvalue weighted by Crippen LogP contribution is -2.42. The Morgan fingerprint density at radius 3 is 3.29 bits per heavy atom. The molecule has 76 valence electrons. The normalized spacial score (nSPS) is 30.9. The van der Waals surface area contributed by atoms with Gasteiger partial charge in [0, 0.05) is 16.8 Å². The molecular formula is C10H15N3S. The van der Waals surface area contributed by atoms with Crippen LogP contribution in [0.25, 0.3) is 0 Å². The number of aromatic nitrogens is 1. The predicted molar refractivity (Wildman–Crippen MR) is 58.6 cm³/mol. The minimum atomic E-state index is 0.640. The molecule has 1 aromatic heterocycles. The lowest BCUT2D eigenvalue weighted by Gasteiger charge is -2.35. The molecule has 1 saturated heterocycles. The van der Waals surface area contributed by atoms with Crippen molar-refractivity contribution < 1.29 is 0 Å². The van der Waals surface area contributed by atoms with Crippen molar-refractivity contribution in [1.29, 1.82) is 0 Å². The summed E-state index contributed by atoms with van der Waals surface area (Å²) < 4.78 is 0. The number of thiazole rings is 1. The molecule has 3 rings (SSSR count). The van der Waals surface area contributed by atoms with Crippen LogP contribution in [-0.4, -0.2) is 17.6 Å². The Hall–Kier alpha value is -0.610. The number of piperidine rings is 1. The van der Waals surface area contributed by atoms with Crippen molar-refractivity contribution in [2.24, 2.45) is 0 Å². The van der Waals surface area contributed by atoms with Crippen LogP contribution in [-0.2, 0) is 6.42 Å². The molecule has 0 bridgehead atoms. The second kappa shape index (κ2) is 3.21. The summed E-state index contributed by atoms with van der Waals surface area (Å²) in [4.78, 5) is 5.93. The van der Waals surface area contributed by atoms with Gasteiger partial charge in [-0.2, -0.15) is 0 Å². The van der Waals surface area contributed by atoms with Gasteiger partial charge < -0.3 is 11.1 Å². The van der Waals surface area contributed by atoms with Crippen LogP contribution in [0.3, 0.4) is 0 Å². The number of anilines is 1. The average Bonchev–Trinajstić information content (AvgIpc) is 2.59. The molecule has 0 spiro atoms. The highest BCUT2D eigenvalue weighted by Crippen LogP contribution is 2.39. The van der Waals surface area contributed by atoms with Gasteiger partial charge in [-0.15, -0.1) is 11.3 Å². The quantitative estimate of drug-likeness (QED) is 0.681. The van der Waals surface area contributed by atoms with E-state index in [1.165, 1.54) is 42.8 Å². The first kappa shape index (κ1) is 8.68. The number of nitrogens with two attached hydrogens (primary N) is 1. The number of aryl methyl sites for hydroxylation is 1. The van der Waals surface area contributed by atoms with Gasteiger partial charge in [-0.1, -0.05) is 0 Å². The number of nitrogens with zero attached hydrogens (tertiary/aromatic N) is 1. The molecule has 0 saturated carbocycles. The van der Waals surface area contributed by atoms with Crippen LogP contribution in [0.2, 0.25) is 0 Å². The summed E-state index contributed by atoms with van der Waals surface area (Å²) in [6.07, 6.45) is 4.99. The van der Waals surface area contributed by atoms with Gasteiger partial charge in [-0.3, -0.25) is 0 Å². The van der Waals surface area contributed by atoms with Crippen LogP contribution < -0.4 is 11.1 Å². The Balaban J connectivity index is 1.98. The highest BCUT2D eigenvalue weighted by Gasteiger charge is 2.33. The zero-order valence-electron chi connectivity index (χ0n) is 8.12. The van der Waals surface area contributed by atoms with E-state index in [1.807, 2.05) is 0 Å². The predicted octanol–water partition coefficient (Wildman–Crippen LogP) is 1.51. The summed E-state index contributed by atoms with van der Waals surface area (Å²) in [5.74, 6) is 0.640. The molecule has 0 amide bonds. The Morgan fingerprint density at radius 1 is 1.43 bits per heavy atom. The van der Waals surface area contributed by atoms with Gasteiger partial charge in [0.25, 0.3) is 0 Å². The van der Waals surface area contributed by atoms with Crippen molar-refractivity contribution >= 4 is 16.5 Å². The first-order valence-electron chi connectivity index (χ1n) is 5.33. The summed E-state index contributed by atoms with van der Waals surface area (Å²) >= 11 is 1.68. The monoisotopic (exact) mass is 209 g/mol. The lowest BCUT2D eigenvalue weighted by atomic mass is 9.81. The Labute approximate surface area is 87.7 Å². The van der Waals surface area contributed by atoms with E-state index in [4.69, 9.17) is 5.73 Å². The number of hydrogen-bond donors (Lipinski definition) is 2. The number of rotatable bonds is 0. The van der Waals surface area contributed by atoms with E-state index in [2.05, 4.69) is 10.3 Å². The summed E-state index contributed by atoms with van der Waals surface area (Å²) in [6, 6.07) is 0.665. The largest absolute Gasteiger partial charge is 0.375 e. The maximum absolute atomic E-state index is 5.77. The fourth-order valence-electron chi connectivity index (χ4n) is 2.72. The van der Waals surface area contributed by atoms with Gasteiger partial charge >= 0.3 is 0 Å². The smallest absolute Gasteiger partial charge is 0.180 e. The third-order valence-electron chi connectivity index (χ3n) is 3.36. The molecule has 1 fully saturated rings. The fraction of sp³-hybridized carbons (Fsp3) is 0.700. The fourth-order valence-corrected chi connectivity index (χ4v) is 3.64. The molecule has 0 unspecified atom stereocenters. The van der Waals surface area contributed by atoms with Gasteiger partial charge in [-0.25, -0.2) is 4.98 Å². The summed E-state index contributed by atoms with van der Waals surface area (Å²) in [6.45, 7) is 1.18. The average molecular weight is 209 g/mol. The molecule has 2 aliphatic rings. The first-order valence-corrected chi connectivity index (χ1v) is 6.14. The van der Waals surface area contributed by atoms with E-state index in [9.17, 15) is 0 Å². The van der Waals surface area contributed by atoms with Gasteiger partial charge in [-0.05, 0) is 32.2 Å². The third kappa shape index (κ3) is 1.25. The molecule has 3 nitrogen and oxygen atoms in total. The van der Waals surface area contributed by atoms with Crippen molar-refractivity contribution in [3.05, 3.63) is 10.6 Å². The minimum absolute atomic E-state index is 0.640. The zero-order valence-corrected chi connectivity index (χ0v) is 8.94. The van der Waals surface area contributed by atoms with Crippen LogP contribution in [0.15, 0.2) is 0 Å². The van der Waals surface area contributed by atoms with Crippen LogP contribution in [0.4, 0.5) is 5.13 Å². The SMILES string of the molecule is Nc1nc2c(s1)CC[C@@H]1NCCC[C@@H]21. The van der Waals surface area contributed by atoms with Crippen molar-refractivity contribution in [2.75, 3.05) is 12.3 Å². The molecule has 1 aromatic rings. The summed E-state index contributed by atoms with van der Waals surface area (Å²) in [7, 11) is 0. The van der Waals surface area contributed by atoms with Crippen LogP contribution in [0, 0.1) is 0 Å². The molecule has 4 heteroatoms. The van der Waals surface area contributed by atoms with Crippen LogP contribution in [0.1, 0.15) is 35.8 Å². The van der Waals surface area contributed by atoms with Crippen LogP contribution >= 0.6 is 11.3 Å². The molecule has 14 heavy (non-hydrogen) atoms. The number of fused-ring (bicyclic) bond motifs is 3. The number of hydrogen-bond acceptors (Lipinski definition) is 4. The Kier molecular flexibility index (Phi) is 1.99. The highest BCUT2D eigenvalue weighted by atomic mass is 32.1. The van der Waals surface area contributed by atoms with E-state index in [1.54, 1.807) is 11.3 Å². The van der Waals surface area contributed by atoms with E-state index in [0.717, 1.165) is 5.13 Å². The zero-order chi connectivity index (χ0) is 9.54. The van der Waals surface area contributed by atoms with Crippen molar-refractivity contribution in [2.45, 2.75) is 37.6 Å². The van der Waals surface area contributed by atoms with E-state index in [-0.39, 0.29) is 0 Å². The minimum Gasteiger partial charge on any atom is -0.375 e. The lowest BCUT2D eigenvalue weighted by molar-refractivity contribution is 0.316. The van der Waals surface area contributed by atoms with Crippen molar-refractivity contribution in [1.82, 2.24) is 10.3 Å². The van der Waals surface area contributed by atoms with Gasteiger partial charge in [0.15, 0.2) is 5.13 Å². The number of nitrogen functional groups attached to an aromatic ring is 1. The summed E-state index contributed by atoms with van der Waals surface area (Å²) in [5, 5.41) is 4.35. The third-order valence-corrected chi connectivity index (χ3v) is 4.32. The van der Waals surface area contributed by atoms with Gasteiger partial charge in [0.05, 0.1) is 5.69 Å². The standard InChI is InChI=1S/C10H15N3S/c11-10-13-9-6-2-1-5-12-7(6)3-4-8(9)14-10/h6-7,12H,1-5H2,(H2,11,13)/t6-,7+/m1/s1. The summed E-state index contributed by atoms with van der Waals surface area (Å²) in [5.41, 5.74) is 7.07. The van der Waals surface area contributed by atoms with E-state index in [0.29, 0.717) is 12.0 Å². The first-order chi connectivity index (χ1) is 6.84. The Morgan fingerprint density at radius 2 is 2.36 bits per heavy atom. The van der Waals surface area contributed by atoms with E-state index < -0.39 is 0 Å². The van der Waals surface area contributed by atoms with Crippen molar-refractivity contribution in [3.63, 3.8) is 0 Å². The molecular weight excluding hydrogens is 194 g/mol. The van der Waals surface area contributed by atoms with Gasteiger partial charge in [0.1, 0.15) is 0 Å². The molecule has 0 radical (unpaired) electrons. The molecule has 1 aliphatic heterocycles. The molecule has 2 atom stereocenters. The molecule has 3 N–H and O–H groups in total.